The number of thiophene rings is 2. The van der Waals surface area contributed by atoms with Crippen molar-refractivity contribution in [3.63, 3.8) is 0 Å². The van der Waals surface area contributed by atoms with Crippen LogP contribution in [0.25, 0.3) is 43.7 Å². The van der Waals surface area contributed by atoms with Gasteiger partial charge in [-0.25, -0.2) is 0 Å². The summed E-state index contributed by atoms with van der Waals surface area (Å²) in [6, 6.07) is 24.8. The average Bonchev–Trinajstić information content (AvgIpc) is 3.90. The number of aliphatic imine (C=N–C) groups is 1. The van der Waals surface area contributed by atoms with Gasteiger partial charge in [-0.1, -0.05) is 68.8 Å². The van der Waals surface area contributed by atoms with Gasteiger partial charge in [0, 0.05) is 49.7 Å². The minimum atomic E-state index is -0.209. The van der Waals surface area contributed by atoms with Crippen LogP contribution >= 0.6 is 22.7 Å². The summed E-state index contributed by atoms with van der Waals surface area (Å²) in [5.74, 6) is 0.0543. The van der Waals surface area contributed by atoms with Crippen LogP contribution in [0.15, 0.2) is 87.9 Å². The fourth-order valence-electron chi connectivity index (χ4n) is 6.61. The highest BCUT2D eigenvalue weighted by Gasteiger charge is 2.34. The first-order valence-corrected chi connectivity index (χ1v) is 17.3. The molecular formula is C40H27N5O2S2. The summed E-state index contributed by atoms with van der Waals surface area (Å²) in [4.78, 5) is 33.0. The number of rotatable bonds is 7. The maximum Gasteiger partial charge on any atom is 0.194 e. The van der Waals surface area contributed by atoms with Gasteiger partial charge in [0.2, 0.25) is 0 Å². The SMILES string of the molecule is C=NCC(C#N)=C1/C(=C/c2cc3c(s2)c2sc(/C=C4\C(=O)c5ccccc5C4=C(C#N)C#N)cc2n3CC(C)CC)C(=O)c2ccccc21. The summed E-state index contributed by atoms with van der Waals surface area (Å²) in [6.45, 7) is 8.83. The molecule has 0 radical (unpaired) electrons. The van der Waals surface area contributed by atoms with Crippen LogP contribution in [0.3, 0.4) is 0 Å². The van der Waals surface area contributed by atoms with Gasteiger partial charge in [-0.2, -0.15) is 15.8 Å². The molecule has 49 heavy (non-hydrogen) atoms. The van der Waals surface area contributed by atoms with Crippen molar-refractivity contribution < 1.29 is 9.59 Å². The number of fused-ring (bicyclic) bond motifs is 5. The van der Waals surface area contributed by atoms with Crippen LogP contribution in [0.2, 0.25) is 0 Å². The zero-order chi connectivity index (χ0) is 34.4. The van der Waals surface area contributed by atoms with E-state index in [4.69, 9.17) is 0 Å². The highest BCUT2D eigenvalue weighted by atomic mass is 32.1. The van der Waals surface area contributed by atoms with Gasteiger partial charge in [-0.15, -0.1) is 22.7 Å². The number of ketones is 2. The first-order valence-electron chi connectivity index (χ1n) is 15.7. The third-order valence-electron chi connectivity index (χ3n) is 9.11. The molecule has 0 saturated heterocycles. The second-order valence-electron chi connectivity index (χ2n) is 12.0. The minimum Gasteiger partial charge on any atom is -0.339 e. The molecule has 7 rings (SSSR count). The molecule has 236 valence electrons. The molecule has 0 N–H and O–H groups in total. The maximum atomic E-state index is 13.7. The number of Topliss-reactive ketones (excluding diaryl/α,β-unsaturated/α-hetero) is 2. The molecule has 2 aliphatic rings. The topological polar surface area (TPSA) is 123 Å². The Labute approximate surface area is 291 Å². The molecule has 0 aliphatic heterocycles. The summed E-state index contributed by atoms with van der Waals surface area (Å²) >= 11 is 3.13. The average molecular weight is 674 g/mol. The van der Waals surface area contributed by atoms with Gasteiger partial charge in [0.15, 0.2) is 11.6 Å². The van der Waals surface area contributed by atoms with Crippen LogP contribution < -0.4 is 0 Å². The Morgan fingerprint density at radius 1 is 0.816 bits per heavy atom. The van der Waals surface area contributed by atoms with Crippen molar-refractivity contribution in [1.82, 2.24) is 4.57 Å². The molecule has 1 atom stereocenters. The van der Waals surface area contributed by atoms with Gasteiger partial charge in [0.25, 0.3) is 0 Å². The van der Waals surface area contributed by atoms with Crippen molar-refractivity contribution >= 4 is 84.7 Å². The number of nitrogens with zero attached hydrogens (tertiary/aromatic N) is 5. The number of carbonyl (C=O) groups excluding carboxylic acids is 2. The van der Waals surface area contributed by atoms with Crippen LogP contribution in [0, 0.1) is 39.9 Å². The molecule has 0 amide bonds. The van der Waals surface area contributed by atoms with Crippen molar-refractivity contribution in [2.45, 2.75) is 26.8 Å². The lowest BCUT2D eigenvalue weighted by atomic mass is 9.98. The van der Waals surface area contributed by atoms with Crippen molar-refractivity contribution in [2.75, 3.05) is 6.54 Å². The van der Waals surface area contributed by atoms with Crippen LogP contribution in [-0.2, 0) is 6.54 Å². The Bertz CT molecular complexity index is 2530. The zero-order valence-electron chi connectivity index (χ0n) is 26.7. The third kappa shape index (κ3) is 5.10. The number of carbonyl (C=O) groups is 2. The number of nitriles is 3. The molecular weight excluding hydrogens is 647 g/mol. The highest BCUT2D eigenvalue weighted by molar-refractivity contribution is 7.28. The first kappa shape index (κ1) is 31.7. The molecule has 0 bridgehead atoms. The lowest BCUT2D eigenvalue weighted by molar-refractivity contribution is 0.103. The molecule has 2 aliphatic carbocycles. The van der Waals surface area contributed by atoms with E-state index < -0.39 is 0 Å². The molecule has 3 heterocycles. The maximum absolute atomic E-state index is 13.7. The Kier molecular flexibility index (Phi) is 8.14. The summed E-state index contributed by atoms with van der Waals surface area (Å²) in [5, 5.41) is 29.5. The Hall–Kier alpha value is -5.92. The Morgan fingerprint density at radius 3 is 1.78 bits per heavy atom. The number of hydrogen-bond donors (Lipinski definition) is 0. The summed E-state index contributed by atoms with van der Waals surface area (Å²) in [5.41, 5.74) is 6.55. The van der Waals surface area contributed by atoms with E-state index in [0.29, 0.717) is 50.5 Å². The minimum absolute atomic E-state index is 0.0919. The number of aromatic nitrogens is 1. The molecule has 7 nitrogen and oxygen atoms in total. The largest absolute Gasteiger partial charge is 0.339 e. The van der Waals surface area contributed by atoms with Gasteiger partial charge < -0.3 is 4.57 Å². The summed E-state index contributed by atoms with van der Waals surface area (Å²) < 4.78 is 4.42. The standard InChI is InChI=1S/C40H27N5O2S2/c1-4-22(2)21-45-33-15-25(13-31-35(23(17-41)18-42)27-9-5-7-11-29(27)37(31)46)48-39(33)40-34(45)16-26(49-40)14-32-36(24(19-43)20-44-3)28-10-6-8-12-30(28)38(32)47/h5-16,22H,3-4,20-21H2,1-2H3/b31-13-,32-14-,36-24?. The van der Waals surface area contributed by atoms with E-state index in [1.807, 2.05) is 36.4 Å². The molecule has 2 aromatic carbocycles. The van der Waals surface area contributed by atoms with Crippen LogP contribution in [0.1, 0.15) is 61.9 Å². The molecule has 5 aromatic rings. The molecule has 1 unspecified atom stereocenters. The van der Waals surface area contributed by atoms with Crippen LogP contribution in [0.4, 0.5) is 0 Å². The lowest BCUT2D eigenvalue weighted by Crippen LogP contribution is -2.05. The van der Waals surface area contributed by atoms with Crippen LogP contribution in [0.5, 0.6) is 0 Å². The van der Waals surface area contributed by atoms with E-state index in [0.717, 1.165) is 48.7 Å². The smallest absolute Gasteiger partial charge is 0.194 e. The van der Waals surface area contributed by atoms with Gasteiger partial charge in [-0.3, -0.25) is 14.6 Å². The van der Waals surface area contributed by atoms with Gasteiger partial charge in [0.1, 0.15) is 17.7 Å². The van der Waals surface area contributed by atoms with Crippen LogP contribution in [-0.4, -0.2) is 29.4 Å². The fourth-order valence-corrected chi connectivity index (χ4v) is 8.97. The fraction of sp³-hybridized carbons (Fsp3) is 0.150. The second kappa shape index (κ2) is 12.6. The monoisotopic (exact) mass is 673 g/mol. The number of hydrogen-bond acceptors (Lipinski definition) is 8. The predicted molar refractivity (Wildman–Crippen MR) is 197 cm³/mol. The van der Waals surface area contributed by atoms with E-state index in [1.165, 1.54) is 0 Å². The van der Waals surface area contributed by atoms with Crippen molar-refractivity contribution in [3.05, 3.63) is 115 Å². The predicted octanol–water partition coefficient (Wildman–Crippen LogP) is 9.30. The molecule has 0 saturated carbocycles. The van der Waals surface area contributed by atoms with Gasteiger partial charge in [0.05, 0.1) is 38.6 Å². The van der Waals surface area contributed by atoms with Crippen molar-refractivity contribution in [1.29, 1.82) is 15.8 Å². The normalized spacial score (nSPS) is 16.9. The van der Waals surface area contributed by atoms with E-state index in [1.54, 1.807) is 59.1 Å². The lowest BCUT2D eigenvalue weighted by Gasteiger charge is -2.11. The number of benzene rings is 2. The van der Waals surface area contributed by atoms with Crippen molar-refractivity contribution in [3.8, 4) is 18.2 Å². The molecule has 3 aromatic heterocycles. The van der Waals surface area contributed by atoms with E-state index in [2.05, 4.69) is 48.3 Å². The molecule has 0 fully saturated rings. The van der Waals surface area contributed by atoms with E-state index >= 15 is 0 Å². The van der Waals surface area contributed by atoms with Crippen molar-refractivity contribution in [2.24, 2.45) is 10.9 Å². The van der Waals surface area contributed by atoms with Gasteiger partial charge in [-0.05, 0) is 48.0 Å². The quantitative estimate of drug-likeness (QED) is 0.0968. The zero-order valence-corrected chi connectivity index (χ0v) is 28.3. The summed E-state index contributed by atoms with van der Waals surface area (Å²) in [6.07, 6.45) is 4.68. The molecule has 0 spiro atoms. The highest BCUT2D eigenvalue weighted by Crippen LogP contribution is 2.46. The summed E-state index contributed by atoms with van der Waals surface area (Å²) in [7, 11) is 0. The Morgan fingerprint density at radius 2 is 1.31 bits per heavy atom. The third-order valence-corrected chi connectivity index (χ3v) is 11.4. The van der Waals surface area contributed by atoms with Gasteiger partial charge >= 0.3 is 0 Å². The second-order valence-corrected chi connectivity index (χ2v) is 14.2. The van der Waals surface area contributed by atoms with E-state index in [9.17, 15) is 25.4 Å². The first-order chi connectivity index (χ1) is 23.8. The molecule has 9 heteroatoms. The number of allylic oxidation sites excluding steroid dienone is 5. The van der Waals surface area contributed by atoms with E-state index in [-0.39, 0.29) is 23.7 Å². The Balaban J connectivity index is 1.40.